The molecule has 0 amide bonds. The Morgan fingerprint density at radius 1 is 1.18 bits per heavy atom. The van der Waals surface area contributed by atoms with Gasteiger partial charge in [-0.25, -0.2) is 0 Å². The van der Waals surface area contributed by atoms with Gasteiger partial charge in [0.1, 0.15) is 0 Å². The van der Waals surface area contributed by atoms with E-state index in [0.717, 1.165) is 24.8 Å². The van der Waals surface area contributed by atoms with E-state index in [-0.39, 0.29) is 4.90 Å². The average molecular weight is 257 g/mol. The molecule has 1 aromatic carbocycles. The largest absolute Gasteiger partial charge is 0.296 e. The van der Waals surface area contributed by atoms with Gasteiger partial charge in [-0.05, 0) is 25.5 Å². The molecule has 1 aromatic rings. The van der Waals surface area contributed by atoms with Gasteiger partial charge in [0.25, 0.3) is 10.1 Å². The smallest absolute Gasteiger partial charge is 0.266 e. The predicted octanol–water partition coefficient (Wildman–Crippen LogP) is 3.28. The van der Waals surface area contributed by atoms with Gasteiger partial charge in [-0.2, -0.15) is 8.42 Å². The highest BCUT2D eigenvalue weighted by atomic mass is 32.2. The van der Waals surface area contributed by atoms with E-state index in [1.54, 1.807) is 12.1 Å². The van der Waals surface area contributed by atoms with Crippen LogP contribution in [0.15, 0.2) is 29.2 Å². The Morgan fingerprint density at radius 2 is 1.82 bits per heavy atom. The zero-order valence-electron chi connectivity index (χ0n) is 11.3. The summed E-state index contributed by atoms with van der Waals surface area (Å²) < 4.78 is 36.1. The van der Waals surface area contributed by atoms with Crippen LogP contribution in [0, 0.1) is 6.92 Å². The fraction of sp³-hybridized carbons (Fsp3) is 0.538. The summed E-state index contributed by atoms with van der Waals surface area (Å²) in [5.74, 6) is 0. The third-order valence-electron chi connectivity index (χ3n) is 2.43. The Bertz CT molecular complexity index is 454. The number of aryl methyl sites for hydroxylation is 1. The van der Waals surface area contributed by atoms with Crippen LogP contribution in [0.3, 0.4) is 0 Å². The van der Waals surface area contributed by atoms with Crippen LogP contribution in [0.1, 0.15) is 39.5 Å². The van der Waals surface area contributed by atoms with E-state index in [4.69, 9.17) is 5.55 Å². The van der Waals surface area contributed by atoms with Crippen molar-refractivity contribution < 1.29 is 14.0 Å². The first-order valence-corrected chi connectivity index (χ1v) is 7.28. The van der Waals surface area contributed by atoms with E-state index in [0.29, 0.717) is 6.42 Å². The highest BCUT2D eigenvalue weighted by Crippen LogP contribution is 2.13. The fourth-order valence-corrected chi connectivity index (χ4v) is 2.23. The molecular formula is C13H20O3S. The number of benzene rings is 1. The molecule has 0 heterocycles. The summed E-state index contributed by atoms with van der Waals surface area (Å²) in [5, 5.41) is 0. The summed E-state index contributed by atoms with van der Waals surface area (Å²) in [4.78, 5) is 0.112. The van der Waals surface area contributed by atoms with Crippen LogP contribution in [0.25, 0.3) is 0 Å². The fourth-order valence-electron chi connectivity index (χ4n) is 1.38. The number of rotatable bonds is 7. The van der Waals surface area contributed by atoms with Gasteiger partial charge in [-0.1, -0.05) is 43.9 Å². The van der Waals surface area contributed by atoms with Crippen molar-refractivity contribution in [3.05, 3.63) is 29.8 Å². The molecular weight excluding hydrogens is 236 g/mol. The monoisotopic (exact) mass is 257 g/mol. The third kappa shape index (κ3) is 4.88. The summed E-state index contributed by atoms with van der Waals surface area (Å²) in [7, 11) is -3.80. The van der Waals surface area contributed by atoms with Crippen LogP contribution in [-0.4, -0.2) is 15.0 Å². The highest BCUT2D eigenvalue weighted by molar-refractivity contribution is 7.86. The van der Waals surface area contributed by atoms with E-state index in [1.165, 1.54) is 12.1 Å². The SMILES string of the molecule is [2H][C@@H](CCCCC)OS(=O)(=O)c1ccc(C)cc1. The zero-order chi connectivity index (χ0) is 13.6. The molecule has 0 aliphatic rings. The number of hydrogen-bond acceptors (Lipinski definition) is 3. The van der Waals surface area contributed by atoms with Crippen LogP contribution < -0.4 is 0 Å². The second kappa shape index (κ2) is 6.77. The lowest BCUT2D eigenvalue weighted by atomic mass is 10.2. The molecule has 0 fully saturated rings. The quantitative estimate of drug-likeness (QED) is 0.556. The molecule has 3 nitrogen and oxygen atoms in total. The van der Waals surface area contributed by atoms with Gasteiger partial charge in [0.05, 0.1) is 12.8 Å². The summed E-state index contributed by atoms with van der Waals surface area (Å²) in [6, 6.07) is 6.44. The van der Waals surface area contributed by atoms with Crippen LogP contribution in [0.5, 0.6) is 0 Å². The molecule has 0 saturated carbocycles. The summed E-state index contributed by atoms with van der Waals surface area (Å²) in [5.41, 5.74) is 0.985. The van der Waals surface area contributed by atoms with Gasteiger partial charge in [-0.3, -0.25) is 4.18 Å². The molecule has 96 valence electrons. The van der Waals surface area contributed by atoms with Crippen molar-refractivity contribution in [1.82, 2.24) is 0 Å². The molecule has 4 heteroatoms. The lowest BCUT2D eigenvalue weighted by molar-refractivity contribution is 0.307. The molecule has 0 N–H and O–H groups in total. The third-order valence-corrected chi connectivity index (χ3v) is 3.67. The number of hydrogen-bond donors (Lipinski definition) is 0. The molecule has 0 unspecified atom stereocenters. The minimum Gasteiger partial charge on any atom is -0.266 e. The van der Waals surface area contributed by atoms with Gasteiger partial charge in [0.2, 0.25) is 0 Å². The van der Waals surface area contributed by atoms with Crippen molar-refractivity contribution in [1.29, 1.82) is 0 Å². The van der Waals surface area contributed by atoms with Crippen molar-refractivity contribution >= 4 is 10.1 Å². The van der Waals surface area contributed by atoms with E-state index in [2.05, 4.69) is 6.92 Å². The van der Waals surface area contributed by atoms with E-state index in [9.17, 15) is 8.42 Å². The number of unbranched alkanes of at least 4 members (excludes halogenated alkanes) is 2. The van der Waals surface area contributed by atoms with Crippen LogP contribution in [0.4, 0.5) is 0 Å². The first kappa shape index (κ1) is 12.6. The molecule has 0 aromatic heterocycles. The van der Waals surface area contributed by atoms with Crippen molar-refractivity contribution in [2.75, 3.05) is 6.58 Å². The molecule has 0 spiro atoms. The summed E-state index contributed by atoms with van der Waals surface area (Å²) in [6.45, 7) is 2.93. The standard InChI is InChI=1S/C13H20O3S/c1-3-4-5-6-11-16-17(14,15)13-9-7-12(2)8-10-13/h7-10H,3-6,11H2,1-2H3/i11D/t11-/m0/s1. The first-order chi connectivity index (χ1) is 8.45. The Labute approximate surface area is 105 Å². The Morgan fingerprint density at radius 3 is 2.41 bits per heavy atom. The van der Waals surface area contributed by atoms with Crippen molar-refractivity contribution in [3.8, 4) is 0 Å². The van der Waals surface area contributed by atoms with Gasteiger partial charge in [-0.15, -0.1) is 0 Å². The topological polar surface area (TPSA) is 43.4 Å². The lowest BCUT2D eigenvalue weighted by Crippen LogP contribution is -2.07. The minimum atomic E-state index is -3.80. The van der Waals surface area contributed by atoms with Gasteiger partial charge in [0, 0.05) is 0 Å². The van der Waals surface area contributed by atoms with Crippen LogP contribution in [-0.2, 0) is 14.3 Å². The Balaban J connectivity index is 2.61. The summed E-state index contributed by atoms with van der Waals surface area (Å²) in [6.07, 6.45) is 3.29. The normalized spacial score (nSPS) is 14.4. The van der Waals surface area contributed by atoms with E-state index < -0.39 is 16.7 Å². The Hall–Kier alpha value is -0.870. The van der Waals surface area contributed by atoms with Crippen molar-refractivity contribution in [2.24, 2.45) is 0 Å². The van der Waals surface area contributed by atoms with Gasteiger partial charge >= 0.3 is 0 Å². The second-order valence-corrected chi connectivity index (χ2v) is 5.60. The maximum Gasteiger partial charge on any atom is 0.296 e. The van der Waals surface area contributed by atoms with Crippen LogP contribution >= 0.6 is 0 Å². The molecule has 0 radical (unpaired) electrons. The molecule has 0 bridgehead atoms. The van der Waals surface area contributed by atoms with Gasteiger partial charge < -0.3 is 0 Å². The van der Waals surface area contributed by atoms with Crippen molar-refractivity contribution in [2.45, 2.75) is 44.4 Å². The molecule has 0 saturated heterocycles. The molecule has 1 rings (SSSR count). The lowest BCUT2D eigenvalue weighted by Gasteiger charge is -2.05. The minimum absolute atomic E-state index is 0.112. The van der Waals surface area contributed by atoms with E-state index >= 15 is 0 Å². The van der Waals surface area contributed by atoms with E-state index in [1.807, 2.05) is 6.92 Å². The average Bonchev–Trinajstić information content (AvgIpc) is 2.29. The highest BCUT2D eigenvalue weighted by Gasteiger charge is 2.13. The van der Waals surface area contributed by atoms with Crippen LogP contribution in [0.2, 0.25) is 0 Å². The molecule has 0 aliphatic heterocycles. The maximum atomic E-state index is 11.8. The summed E-state index contributed by atoms with van der Waals surface area (Å²) >= 11 is 0. The first-order valence-electron chi connectivity index (χ1n) is 6.45. The molecule has 17 heavy (non-hydrogen) atoms. The van der Waals surface area contributed by atoms with Crippen molar-refractivity contribution in [3.63, 3.8) is 0 Å². The second-order valence-electron chi connectivity index (χ2n) is 4.03. The predicted molar refractivity (Wildman–Crippen MR) is 68.5 cm³/mol. The molecule has 0 aliphatic carbocycles. The van der Waals surface area contributed by atoms with Gasteiger partial charge in [0.15, 0.2) is 0 Å². The maximum absolute atomic E-state index is 11.8. The Kier molecular flexibility index (Phi) is 5.01. The zero-order valence-corrected chi connectivity index (χ0v) is 11.2. The molecule has 1 atom stereocenters.